The molecule has 3 fully saturated rings. The summed E-state index contributed by atoms with van der Waals surface area (Å²) < 4.78 is 52.8. The van der Waals surface area contributed by atoms with Gasteiger partial charge in [-0.1, -0.05) is 36.4 Å². The first-order valence-electron chi connectivity index (χ1n) is 18.2. The average molecular weight is 719 g/mol. The number of carbonyl (C=O) groups excluding carboxylic acids is 2. The van der Waals surface area contributed by atoms with Crippen LogP contribution < -0.4 is 20.1 Å². The molecular weight excluding hydrogens is 673 g/mol. The number of rotatable bonds is 13. The maximum atomic E-state index is 14.7. The van der Waals surface area contributed by atoms with Gasteiger partial charge in [-0.05, 0) is 92.0 Å². The van der Waals surface area contributed by atoms with E-state index in [1.54, 1.807) is 0 Å². The van der Waals surface area contributed by atoms with Crippen molar-refractivity contribution in [2.45, 2.75) is 75.7 Å². The minimum Gasteiger partial charge on any atom is -0.492 e. The van der Waals surface area contributed by atoms with E-state index in [9.17, 15) is 27.9 Å². The molecular formula is C40H45F3N4O5. The van der Waals surface area contributed by atoms with E-state index in [-0.39, 0.29) is 36.5 Å². The Bertz CT molecular complexity index is 1820. The predicted molar refractivity (Wildman–Crippen MR) is 189 cm³/mol. The first-order chi connectivity index (χ1) is 25.1. The molecule has 1 unspecified atom stereocenters. The summed E-state index contributed by atoms with van der Waals surface area (Å²) >= 11 is 0. The number of ether oxygens (including phenoxy) is 2. The minimum absolute atomic E-state index is 0.00697. The molecule has 3 aromatic rings. The zero-order valence-corrected chi connectivity index (χ0v) is 29.3. The van der Waals surface area contributed by atoms with Crippen molar-refractivity contribution in [2.24, 2.45) is 0 Å². The van der Waals surface area contributed by atoms with E-state index in [4.69, 9.17) is 9.47 Å². The Morgan fingerprint density at radius 1 is 0.981 bits per heavy atom. The Labute approximate surface area is 301 Å². The van der Waals surface area contributed by atoms with Crippen molar-refractivity contribution in [1.29, 1.82) is 0 Å². The predicted octanol–water partition coefficient (Wildman–Crippen LogP) is 4.54. The molecule has 3 aliphatic heterocycles. The minimum atomic E-state index is -1.34. The SMILES string of the molecule is Cc1cccc(OCCN(C(=O)C2=C(c3ccc(CCCOc4c(F)ccc(F)c4F)cc3)C[C@H]3CN(C(=O)C4C[C@@H](O)CN4)C[C@@H]2N3)C2CC2)c1. The monoisotopic (exact) mass is 718 g/mol. The molecule has 7 rings (SSSR count). The van der Waals surface area contributed by atoms with Crippen LogP contribution >= 0.6 is 0 Å². The summed E-state index contributed by atoms with van der Waals surface area (Å²) in [5.41, 5.74) is 4.62. The number of nitrogens with zero attached hydrogens (tertiary/aromatic N) is 2. The number of fused-ring (bicyclic) bond motifs is 2. The molecule has 12 heteroatoms. The van der Waals surface area contributed by atoms with Crippen molar-refractivity contribution < 1.29 is 37.3 Å². The van der Waals surface area contributed by atoms with Crippen LogP contribution in [0.2, 0.25) is 0 Å². The fourth-order valence-electron chi connectivity index (χ4n) is 7.59. The van der Waals surface area contributed by atoms with Gasteiger partial charge in [-0.3, -0.25) is 9.59 Å². The Morgan fingerprint density at radius 3 is 2.50 bits per heavy atom. The number of amides is 2. The van der Waals surface area contributed by atoms with Crippen LogP contribution in [-0.4, -0.2) is 96.4 Å². The topological polar surface area (TPSA) is 103 Å². The highest BCUT2D eigenvalue weighted by Gasteiger charge is 2.44. The number of carbonyl (C=O) groups is 2. The number of nitrogens with one attached hydrogen (secondary N) is 2. The van der Waals surface area contributed by atoms with Gasteiger partial charge in [0.15, 0.2) is 17.4 Å². The quantitative estimate of drug-likeness (QED) is 0.176. The standard InChI is InChI=1S/C40H45F3N4O5/c1-24-4-2-6-30(18-24)51-17-15-47(28-11-12-28)40(50)36-31(19-27-22-46(23-35(36)45-27)39(49)34-20-29(48)21-44-34)26-9-7-25(8-10-26)5-3-16-52-38-33(42)14-13-32(41)37(38)43/h2,4,6-10,13-14,18,27-29,34-35,44-45,48H,3,5,11-12,15-17,19-23H2,1H3/t27-,29+,34?,35-/m0/s1. The zero-order chi connectivity index (χ0) is 36.4. The molecule has 3 N–H and O–H groups in total. The van der Waals surface area contributed by atoms with Crippen molar-refractivity contribution in [3.05, 3.63) is 100 Å². The molecule has 3 heterocycles. The Balaban J connectivity index is 1.09. The van der Waals surface area contributed by atoms with E-state index < -0.39 is 35.3 Å². The van der Waals surface area contributed by atoms with Gasteiger partial charge in [-0.2, -0.15) is 4.39 Å². The lowest BCUT2D eigenvalue weighted by Crippen LogP contribution is -2.63. The van der Waals surface area contributed by atoms with E-state index in [2.05, 4.69) is 10.6 Å². The van der Waals surface area contributed by atoms with Crippen LogP contribution in [0.25, 0.3) is 5.57 Å². The second-order valence-electron chi connectivity index (χ2n) is 14.3. The van der Waals surface area contributed by atoms with E-state index in [1.807, 2.05) is 65.3 Å². The van der Waals surface area contributed by atoms with E-state index >= 15 is 0 Å². The number of halogens is 3. The van der Waals surface area contributed by atoms with Gasteiger partial charge in [-0.25, -0.2) is 8.78 Å². The molecule has 0 aromatic heterocycles. The molecule has 4 atom stereocenters. The maximum absolute atomic E-state index is 14.7. The molecule has 9 nitrogen and oxygen atoms in total. The van der Waals surface area contributed by atoms with Crippen LogP contribution in [0.4, 0.5) is 13.2 Å². The van der Waals surface area contributed by atoms with Crippen molar-refractivity contribution >= 4 is 17.4 Å². The molecule has 2 saturated heterocycles. The smallest absolute Gasteiger partial charge is 0.252 e. The fourth-order valence-corrected chi connectivity index (χ4v) is 7.59. The van der Waals surface area contributed by atoms with Crippen LogP contribution in [0.3, 0.4) is 0 Å². The van der Waals surface area contributed by atoms with Crippen LogP contribution in [-0.2, 0) is 16.0 Å². The number of hydrogen-bond acceptors (Lipinski definition) is 7. The second-order valence-corrected chi connectivity index (χ2v) is 14.3. The summed E-state index contributed by atoms with van der Waals surface area (Å²) in [6, 6.07) is 16.6. The summed E-state index contributed by atoms with van der Waals surface area (Å²) in [4.78, 5) is 32.0. The number of β-amino-alcohol motifs (C(OH)–C–C–N with tert-alkyl or cyclic N) is 1. The van der Waals surface area contributed by atoms with E-state index in [0.717, 1.165) is 53.0 Å². The highest BCUT2D eigenvalue weighted by molar-refractivity contribution is 6.03. The third kappa shape index (κ3) is 8.14. The van der Waals surface area contributed by atoms with Gasteiger partial charge in [0.2, 0.25) is 11.7 Å². The number of benzene rings is 3. The van der Waals surface area contributed by atoms with Gasteiger partial charge < -0.3 is 35.0 Å². The largest absolute Gasteiger partial charge is 0.492 e. The molecule has 2 bridgehead atoms. The lowest BCUT2D eigenvalue weighted by molar-refractivity contribution is -0.136. The molecule has 4 aliphatic rings. The summed E-state index contributed by atoms with van der Waals surface area (Å²) in [7, 11) is 0. The number of hydrogen-bond donors (Lipinski definition) is 3. The molecule has 1 saturated carbocycles. The van der Waals surface area contributed by atoms with Crippen molar-refractivity contribution in [2.75, 3.05) is 39.4 Å². The third-order valence-corrected chi connectivity index (χ3v) is 10.4. The van der Waals surface area contributed by atoms with E-state index in [1.165, 1.54) is 0 Å². The zero-order valence-electron chi connectivity index (χ0n) is 29.3. The van der Waals surface area contributed by atoms with Crippen LogP contribution in [0, 0.1) is 24.4 Å². The Hall–Kier alpha value is -4.39. The number of piperazine rings is 1. The lowest BCUT2D eigenvalue weighted by atomic mass is 9.82. The molecule has 0 spiro atoms. The molecule has 276 valence electrons. The summed E-state index contributed by atoms with van der Waals surface area (Å²) in [5, 5.41) is 16.8. The summed E-state index contributed by atoms with van der Waals surface area (Å²) in [5.74, 6) is -3.51. The molecule has 0 radical (unpaired) electrons. The highest BCUT2D eigenvalue weighted by Crippen LogP contribution is 2.37. The van der Waals surface area contributed by atoms with Gasteiger partial charge in [-0.15, -0.1) is 0 Å². The molecule has 3 aromatic carbocycles. The lowest BCUT2D eigenvalue weighted by Gasteiger charge is -2.45. The summed E-state index contributed by atoms with van der Waals surface area (Å²) in [6.45, 7) is 4.03. The van der Waals surface area contributed by atoms with Crippen LogP contribution in [0.1, 0.15) is 48.8 Å². The third-order valence-electron chi connectivity index (χ3n) is 10.4. The second kappa shape index (κ2) is 15.7. The first-order valence-corrected chi connectivity index (χ1v) is 18.2. The van der Waals surface area contributed by atoms with Gasteiger partial charge in [0.05, 0.1) is 31.3 Å². The normalized spacial score (nSPS) is 22.8. The summed E-state index contributed by atoms with van der Waals surface area (Å²) in [6.07, 6.45) is 3.24. The van der Waals surface area contributed by atoms with Crippen LogP contribution in [0.15, 0.2) is 66.2 Å². The Kier molecular flexibility index (Phi) is 10.9. The molecule has 1 aliphatic carbocycles. The van der Waals surface area contributed by atoms with Gasteiger partial charge in [0.1, 0.15) is 12.4 Å². The fraction of sp³-hybridized carbons (Fsp3) is 0.450. The van der Waals surface area contributed by atoms with Gasteiger partial charge in [0.25, 0.3) is 5.91 Å². The first kappa shape index (κ1) is 36.0. The van der Waals surface area contributed by atoms with Crippen molar-refractivity contribution in [1.82, 2.24) is 20.4 Å². The molecule has 2 amide bonds. The average Bonchev–Trinajstić information content (AvgIpc) is 3.89. The van der Waals surface area contributed by atoms with E-state index in [0.29, 0.717) is 64.0 Å². The van der Waals surface area contributed by atoms with Gasteiger partial charge in [0, 0.05) is 37.3 Å². The van der Waals surface area contributed by atoms with Crippen molar-refractivity contribution in [3.63, 3.8) is 0 Å². The number of aliphatic hydroxyl groups is 1. The maximum Gasteiger partial charge on any atom is 0.252 e. The number of aryl methyl sites for hydroxylation is 2. The highest BCUT2D eigenvalue weighted by atomic mass is 19.2. The van der Waals surface area contributed by atoms with Gasteiger partial charge >= 0.3 is 0 Å². The Morgan fingerprint density at radius 2 is 1.77 bits per heavy atom. The molecule has 52 heavy (non-hydrogen) atoms. The number of aliphatic hydroxyl groups excluding tert-OH is 1. The van der Waals surface area contributed by atoms with Crippen LogP contribution in [0.5, 0.6) is 11.5 Å². The van der Waals surface area contributed by atoms with Crippen molar-refractivity contribution in [3.8, 4) is 11.5 Å².